The van der Waals surface area contributed by atoms with Crippen LogP contribution in [0.2, 0.25) is 0 Å². The summed E-state index contributed by atoms with van der Waals surface area (Å²) in [5.74, 6) is 0.281. The summed E-state index contributed by atoms with van der Waals surface area (Å²) in [5, 5.41) is 13.6. The molecule has 7 nitrogen and oxygen atoms in total. The molecule has 2 N–H and O–H groups in total. The third kappa shape index (κ3) is 5.33. The number of carbonyl (C=O) groups excluding carboxylic acids is 1. The van der Waals surface area contributed by atoms with Crippen molar-refractivity contribution < 1.29 is 17.9 Å². The highest BCUT2D eigenvalue weighted by Crippen LogP contribution is 2.33. The number of hydrogen-bond acceptors (Lipinski definition) is 5. The second-order valence-electron chi connectivity index (χ2n) is 8.89. The molecule has 0 spiro atoms. The van der Waals surface area contributed by atoms with Crippen LogP contribution in [0.5, 0.6) is 5.75 Å². The lowest BCUT2D eigenvalue weighted by molar-refractivity contribution is -0.122. The van der Waals surface area contributed by atoms with Crippen LogP contribution in [0.25, 0.3) is 10.8 Å². The van der Waals surface area contributed by atoms with Gasteiger partial charge in [-0.15, -0.1) is 0 Å². The molecule has 2 atom stereocenters. The number of nitriles is 1. The van der Waals surface area contributed by atoms with Gasteiger partial charge in [0.25, 0.3) is 0 Å². The summed E-state index contributed by atoms with van der Waals surface area (Å²) in [6.45, 7) is 0.405. The SMILES string of the molecule is N#Cc1ccc2c(c1)OCCC2NC(=O)CC(NS(=O)(=O)c1cccc2ccccc12)c1ccccc1. The van der Waals surface area contributed by atoms with Crippen molar-refractivity contribution in [2.75, 3.05) is 6.61 Å². The number of sulfonamides is 1. The molecule has 1 aliphatic heterocycles. The minimum Gasteiger partial charge on any atom is -0.493 e. The fourth-order valence-electron chi connectivity index (χ4n) is 4.64. The van der Waals surface area contributed by atoms with Gasteiger partial charge in [-0.2, -0.15) is 5.26 Å². The molecule has 1 amide bonds. The lowest BCUT2D eigenvalue weighted by Gasteiger charge is -2.28. The van der Waals surface area contributed by atoms with Crippen molar-refractivity contribution in [1.29, 1.82) is 5.26 Å². The molecule has 0 saturated carbocycles. The molecule has 4 aromatic carbocycles. The van der Waals surface area contributed by atoms with Crippen LogP contribution in [-0.4, -0.2) is 20.9 Å². The average Bonchev–Trinajstić information content (AvgIpc) is 2.92. The van der Waals surface area contributed by atoms with Crippen LogP contribution < -0.4 is 14.8 Å². The summed E-state index contributed by atoms with van der Waals surface area (Å²) >= 11 is 0. The smallest absolute Gasteiger partial charge is 0.241 e. The number of ether oxygens (including phenoxy) is 1. The Morgan fingerprint density at radius 3 is 2.57 bits per heavy atom. The highest BCUT2D eigenvalue weighted by atomic mass is 32.2. The van der Waals surface area contributed by atoms with Gasteiger partial charge in [0.1, 0.15) is 5.75 Å². The number of benzene rings is 4. The van der Waals surface area contributed by atoms with E-state index in [-0.39, 0.29) is 23.3 Å². The van der Waals surface area contributed by atoms with E-state index < -0.39 is 16.1 Å². The standard InChI is InChI=1S/C29H25N3O4S/c30-19-20-13-14-24-25(15-16-36-27(24)17-20)31-29(33)18-26(22-8-2-1-3-9-22)32-37(34,35)28-12-6-10-21-7-4-5-11-23(21)28/h1-14,17,25-26,32H,15-16,18H2,(H,31,33). The third-order valence-electron chi connectivity index (χ3n) is 6.45. The fourth-order valence-corrected chi connectivity index (χ4v) is 6.10. The van der Waals surface area contributed by atoms with E-state index in [0.29, 0.717) is 35.3 Å². The molecule has 0 radical (unpaired) electrons. The quantitative estimate of drug-likeness (QED) is 0.372. The Bertz CT molecular complexity index is 1590. The minimum absolute atomic E-state index is 0.0863. The predicted octanol–water partition coefficient (Wildman–Crippen LogP) is 4.76. The van der Waals surface area contributed by atoms with E-state index in [2.05, 4.69) is 16.1 Å². The van der Waals surface area contributed by atoms with Crippen LogP contribution in [0.3, 0.4) is 0 Å². The zero-order chi connectivity index (χ0) is 25.8. The highest BCUT2D eigenvalue weighted by molar-refractivity contribution is 7.89. The molecule has 8 heteroatoms. The average molecular weight is 512 g/mol. The number of carbonyl (C=O) groups is 1. The summed E-state index contributed by atoms with van der Waals surface area (Å²) in [6, 6.07) is 27.7. The van der Waals surface area contributed by atoms with Crippen LogP contribution in [0, 0.1) is 11.3 Å². The zero-order valence-corrected chi connectivity index (χ0v) is 20.7. The van der Waals surface area contributed by atoms with Crippen molar-refractivity contribution in [3.63, 3.8) is 0 Å². The second kappa shape index (κ2) is 10.4. The Hall–Kier alpha value is -4.19. The van der Waals surface area contributed by atoms with Crippen molar-refractivity contribution in [3.8, 4) is 11.8 Å². The van der Waals surface area contributed by atoms with Crippen LogP contribution in [0.15, 0.2) is 95.9 Å². The maximum absolute atomic E-state index is 13.5. The first kappa shape index (κ1) is 24.5. The van der Waals surface area contributed by atoms with Crippen molar-refractivity contribution in [1.82, 2.24) is 10.0 Å². The summed E-state index contributed by atoms with van der Waals surface area (Å²) in [4.78, 5) is 13.4. The van der Waals surface area contributed by atoms with Gasteiger partial charge in [-0.1, -0.05) is 72.8 Å². The summed E-state index contributed by atoms with van der Waals surface area (Å²) in [5.41, 5.74) is 1.97. The van der Waals surface area contributed by atoms with E-state index in [1.165, 1.54) is 0 Å². The van der Waals surface area contributed by atoms with Crippen LogP contribution >= 0.6 is 0 Å². The molecule has 37 heavy (non-hydrogen) atoms. The van der Waals surface area contributed by atoms with Gasteiger partial charge in [-0.05, 0) is 29.1 Å². The van der Waals surface area contributed by atoms with Crippen LogP contribution in [0.1, 0.15) is 41.6 Å². The lowest BCUT2D eigenvalue weighted by atomic mass is 9.98. The van der Waals surface area contributed by atoms with Gasteiger partial charge in [0.15, 0.2) is 0 Å². The Morgan fingerprint density at radius 1 is 1.00 bits per heavy atom. The summed E-state index contributed by atoms with van der Waals surface area (Å²) < 4.78 is 35.5. The normalized spacial score (nSPS) is 15.7. The molecule has 0 saturated heterocycles. The Labute approximate surface area is 215 Å². The first-order valence-corrected chi connectivity index (χ1v) is 13.4. The molecule has 4 aromatic rings. The van der Waals surface area contributed by atoms with Gasteiger partial charge >= 0.3 is 0 Å². The van der Waals surface area contributed by atoms with Gasteiger partial charge in [-0.25, -0.2) is 13.1 Å². The fraction of sp³-hybridized carbons (Fsp3) is 0.172. The second-order valence-corrected chi connectivity index (χ2v) is 10.6. The third-order valence-corrected chi connectivity index (χ3v) is 7.98. The molecule has 0 aromatic heterocycles. The van der Waals surface area contributed by atoms with E-state index in [9.17, 15) is 13.2 Å². The van der Waals surface area contributed by atoms with E-state index >= 15 is 0 Å². The van der Waals surface area contributed by atoms with E-state index in [4.69, 9.17) is 10.00 Å². The van der Waals surface area contributed by atoms with Crippen molar-refractivity contribution in [2.24, 2.45) is 0 Å². The number of hydrogen-bond donors (Lipinski definition) is 2. The number of fused-ring (bicyclic) bond motifs is 2. The molecule has 186 valence electrons. The zero-order valence-electron chi connectivity index (χ0n) is 19.9. The van der Waals surface area contributed by atoms with Gasteiger partial charge in [0.05, 0.1) is 35.2 Å². The number of rotatable bonds is 7. The van der Waals surface area contributed by atoms with Crippen LogP contribution in [0.4, 0.5) is 0 Å². The molecule has 1 heterocycles. The van der Waals surface area contributed by atoms with E-state index in [1.54, 1.807) is 54.6 Å². The van der Waals surface area contributed by atoms with Gasteiger partial charge in [0, 0.05) is 23.8 Å². The maximum atomic E-state index is 13.5. The van der Waals surface area contributed by atoms with Crippen molar-refractivity contribution in [2.45, 2.75) is 29.8 Å². The van der Waals surface area contributed by atoms with Gasteiger partial charge in [0.2, 0.25) is 15.9 Å². The van der Waals surface area contributed by atoms with Crippen LogP contribution in [-0.2, 0) is 14.8 Å². The van der Waals surface area contributed by atoms with Gasteiger partial charge in [-0.3, -0.25) is 4.79 Å². The van der Waals surface area contributed by atoms with Crippen molar-refractivity contribution >= 4 is 26.7 Å². The first-order valence-electron chi connectivity index (χ1n) is 12.0. The summed E-state index contributed by atoms with van der Waals surface area (Å²) in [7, 11) is -3.95. The molecule has 0 aliphatic carbocycles. The lowest BCUT2D eigenvalue weighted by Crippen LogP contribution is -2.36. The molecular weight excluding hydrogens is 486 g/mol. The number of amides is 1. The monoisotopic (exact) mass is 511 g/mol. The highest BCUT2D eigenvalue weighted by Gasteiger charge is 2.28. The summed E-state index contributed by atoms with van der Waals surface area (Å²) in [6.07, 6.45) is 0.485. The molecule has 5 rings (SSSR count). The topological polar surface area (TPSA) is 108 Å². The van der Waals surface area contributed by atoms with E-state index in [1.807, 2.05) is 36.4 Å². The Kier molecular flexibility index (Phi) is 6.91. The predicted molar refractivity (Wildman–Crippen MR) is 140 cm³/mol. The molecule has 1 aliphatic rings. The largest absolute Gasteiger partial charge is 0.493 e. The Balaban J connectivity index is 1.40. The van der Waals surface area contributed by atoms with Gasteiger partial charge < -0.3 is 10.1 Å². The van der Waals surface area contributed by atoms with Crippen molar-refractivity contribution in [3.05, 3.63) is 108 Å². The first-order chi connectivity index (χ1) is 17.9. The molecule has 0 fully saturated rings. The molecular formula is C29H25N3O4S. The molecule has 2 unspecified atom stereocenters. The maximum Gasteiger partial charge on any atom is 0.241 e. The minimum atomic E-state index is -3.95. The number of nitrogens with zero attached hydrogens (tertiary/aromatic N) is 1. The van der Waals surface area contributed by atoms with E-state index in [0.717, 1.165) is 10.9 Å². The molecule has 0 bridgehead atoms. The Morgan fingerprint density at radius 2 is 1.76 bits per heavy atom. The number of nitrogens with one attached hydrogen (secondary N) is 2.